The summed E-state index contributed by atoms with van der Waals surface area (Å²) in [6.07, 6.45) is 0. The van der Waals surface area contributed by atoms with Gasteiger partial charge >= 0.3 is 0 Å². The highest BCUT2D eigenvalue weighted by atomic mass is 79.9. The Bertz CT molecular complexity index is 631. The predicted molar refractivity (Wildman–Crippen MR) is 84.0 cm³/mol. The number of hydrogen-bond acceptors (Lipinski definition) is 1. The topological polar surface area (TPSA) is 26.0 Å². The molecule has 1 unspecified atom stereocenters. The number of rotatable bonds is 2. The first-order valence-electron chi connectivity index (χ1n) is 5.56. The fourth-order valence-electron chi connectivity index (χ4n) is 1.84. The van der Waals surface area contributed by atoms with Gasteiger partial charge in [0, 0.05) is 14.0 Å². The summed E-state index contributed by atoms with van der Waals surface area (Å²) in [6.45, 7) is 1.69. The van der Waals surface area contributed by atoms with Gasteiger partial charge in [-0.05, 0) is 53.9 Å². The molecule has 0 fully saturated rings. The summed E-state index contributed by atoms with van der Waals surface area (Å²) in [6, 6.07) is 8.32. The molecular weight excluding hydrogens is 396 g/mol. The van der Waals surface area contributed by atoms with Crippen molar-refractivity contribution in [3.8, 4) is 0 Å². The van der Waals surface area contributed by atoms with Crippen LogP contribution in [-0.2, 0) is 0 Å². The molecule has 0 heterocycles. The van der Waals surface area contributed by atoms with E-state index >= 15 is 0 Å². The molecule has 0 aliphatic heterocycles. The molecule has 1 nitrogen and oxygen atoms in total. The highest BCUT2D eigenvalue weighted by molar-refractivity contribution is 9.11. The monoisotopic (exact) mass is 405 g/mol. The van der Waals surface area contributed by atoms with Crippen molar-refractivity contribution in [2.24, 2.45) is 5.73 Å². The normalized spacial score (nSPS) is 12.5. The van der Waals surface area contributed by atoms with E-state index < -0.39 is 6.04 Å². The van der Waals surface area contributed by atoms with E-state index in [4.69, 9.17) is 17.3 Å². The number of nitrogens with two attached hydrogens (primary N) is 1. The average Bonchev–Trinajstić information content (AvgIpc) is 2.36. The van der Waals surface area contributed by atoms with Crippen molar-refractivity contribution in [2.45, 2.75) is 13.0 Å². The molecule has 1 atom stereocenters. The summed E-state index contributed by atoms with van der Waals surface area (Å²) in [7, 11) is 0. The Hall–Kier alpha value is -0.420. The summed E-state index contributed by atoms with van der Waals surface area (Å²) in [5.74, 6) is -0.325. The van der Waals surface area contributed by atoms with Crippen molar-refractivity contribution < 1.29 is 4.39 Å². The van der Waals surface area contributed by atoms with Crippen molar-refractivity contribution in [3.05, 3.63) is 66.8 Å². The lowest BCUT2D eigenvalue weighted by molar-refractivity contribution is 0.617. The minimum Gasteiger partial charge on any atom is -0.320 e. The van der Waals surface area contributed by atoms with Gasteiger partial charge in [-0.1, -0.05) is 43.5 Å². The van der Waals surface area contributed by atoms with Crippen molar-refractivity contribution in [2.75, 3.05) is 0 Å². The lowest BCUT2D eigenvalue weighted by Crippen LogP contribution is -2.13. The molecule has 0 spiro atoms. The summed E-state index contributed by atoms with van der Waals surface area (Å²) in [5.41, 5.74) is 8.38. The molecular formula is C14H11Br2ClFN. The van der Waals surface area contributed by atoms with Gasteiger partial charge < -0.3 is 5.73 Å². The Morgan fingerprint density at radius 2 is 1.84 bits per heavy atom. The van der Waals surface area contributed by atoms with Gasteiger partial charge in [0.2, 0.25) is 0 Å². The van der Waals surface area contributed by atoms with E-state index in [1.807, 2.05) is 18.2 Å². The standard InChI is InChI=1S/C14H11Br2ClFN/c1-7-4-10(12(17)6-13(7)18)14(19)9-5-8(15)2-3-11(9)16/h2-6,14H,19H2,1H3. The van der Waals surface area contributed by atoms with Crippen LogP contribution < -0.4 is 5.73 Å². The fraction of sp³-hybridized carbons (Fsp3) is 0.143. The first kappa shape index (κ1) is 15.0. The summed E-state index contributed by atoms with van der Waals surface area (Å²) < 4.78 is 15.2. The van der Waals surface area contributed by atoms with E-state index in [1.165, 1.54) is 6.07 Å². The second-order valence-electron chi connectivity index (χ2n) is 4.27. The highest BCUT2D eigenvalue weighted by Gasteiger charge is 2.17. The molecule has 0 radical (unpaired) electrons. The van der Waals surface area contributed by atoms with Gasteiger partial charge in [0.25, 0.3) is 0 Å². The van der Waals surface area contributed by atoms with Crippen LogP contribution >= 0.6 is 43.5 Å². The van der Waals surface area contributed by atoms with E-state index in [2.05, 4.69) is 31.9 Å². The van der Waals surface area contributed by atoms with Gasteiger partial charge in [0.15, 0.2) is 0 Å². The zero-order valence-corrected chi connectivity index (χ0v) is 14.0. The molecule has 0 aliphatic carbocycles. The Morgan fingerprint density at radius 1 is 1.16 bits per heavy atom. The quantitative estimate of drug-likeness (QED) is 0.713. The number of hydrogen-bond donors (Lipinski definition) is 1. The molecule has 5 heteroatoms. The van der Waals surface area contributed by atoms with Gasteiger partial charge in [0.05, 0.1) is 6.04 Å². The van der Waals surface area contributed by atoms with Crippen LogP contribution in [0.5, 0.6) is 0 Å². The van der Waals surface area contributed by atoms with E-state index in [0.717, 1.165) is 14.5 Å². The molecule has 0 saturated carbocycles. The number of aryl methyl sites for hydroxylation is 1. The first-order valence-corrected chi connectivity index (χ1v) is 7.52. The Morgan fingerprint density at radius 3 is 2.53 bits per heavy atom. The van der Waals surface area contributed by atoms with Crippen LogP contribution in [0.4, 0.5) is 4.39 Å². The van der Waals surface area contributed by atoms with Crippen LogP contribution in [0, 0.1) is 12.7 Å². The van der Waals surface area contributed by atoms with Crippen LogP contribution in [0.25, 0.3) is 0 Å². The largest absolute Gasteiger partial charge is 0.320 e. The summed E-state index contributed by atoms with van der Waals surface area (Å²) in [5, 5.41) is 0.336. The average molecular weight is 408 g/mol. The minimum absolute atomic E-state index is 0.325. The molecule has 2 N–H and O–H groups in total. The summed E-state index contributed by atoms with van der Waals surface area (Å²) in [4.78, 5) is 0. The maximum atomic E-state index is 13.4. The minimum atomic E-state index is -0.418. The lowest BCUT2D eigenvalue weighted by atomic mass is 9.98. The van der Waals surface area contributed by atoms with Crippen molar-refractivity contribution >= 4 is 43.5 Å². The Labute approximate surface area is 133 Å². The van der Waals surface area contributed by atoms with Gasteiger partial charge in [-0.3, -0.25) is 0 Å². The second-order valence-corrected chi connectivity index (χ2v) is 6.44. The smallest absolute Gasteiger partial charge is 0.127 e. The zero-order valence-electron chi connectivity index (χ0n) is 10.1. The Kier molecular flexibility index (Phi) is 4.66. The Balaban J connectivity index is 2.52. The molecule has 0 amide bonds. The van der Waals surface area contributed by atoms with E-state index in [9.17, 15) is 4.39 Å². The molecule has 0 aromatic heterocycles. The molecule has 0 saturated heterocycles. The molecule has 2 aromatic carbocycles. The third-order valence-corrected chi connectivity index (χ3v) is 4.45. The van der Waals surface area contributed by atoms with Crippen LogP contribution in [0.2, 0.25) is 5.02 Å². The molecule has 2 rings (SSSR count). The third kappa shape index (κ3) is 3.19. The van der Waals surface area contributed by atoms with Crippen molar-refractivity contribution in [1.82, 2.24) is 0 Å². The fourth-order valence-corrected chi connectivity index (χ4v) is 2.98. The second kappa shape index (κ2) is 5.92. The van der Waals surface area contributed by atoms with Crippen LogP contribution in [0.15, 0.2) is 39.3 Å². The number of benzene rings is 2. The van der Waals surface area contributed by atoms with Crippen molar-refractivity contribution in [1.29, 1.82) is 0 Å². The SMILES string of the molecule is Cc1cc(C(N)c2cc(Br)ccc2Br)c(Cl)cc1F. The molecule has 19 heavy (non-hydrogen) atoms. The highest BCUT2D eigenvalue weighted by Crippen LogP contribution is 2.33. The van der Waals surface area contributed by atoms with Crippen LogP contribution in [0.3, 0.4) is 0 Å². The van der Waals surface area contributed by atoms with Crippen molar-refractivity contribution in [3.63, 3.8) is 0 Å². The third-order valence-electron chi connectivity index (χ3n) is 2.91. The van der Waals surface area contributed by atoms with Gasteiger partial charge in [-0.2, -0.15) is 0 Å². The maximum Gasteiger partial charge on any atom is 0.127 e. The number of halogens is 4. The van der Waals surface area contributed by atoms with Gasteiger partial charge in [-0.15, -0.1) is 0 Å². The van der Waals surface area contributed by atoms with Gasteiger partial charge in [0.1, 0.15) is 5.82 Å². The molecule has 0 bridgehead atoms. The van der Waals surface area contributed by atoms with Gasteiger partial charge in [-0.25, -0.2) is 4.39 Å². The predicted octanol–water partition coefficient (Wildman–Crippen LogP) is 5.36. The van der Waals surface area contributed by atoms with E-state index in [0.29, 0.717) is 16.1 Å². The van der Waals surface area contributed by atoms with E-state index in [-0.39, 0.29) is 5.82 Å². The molecule has 2 aromatic rings. The summed E-state index contributed by atoms with van der Waals surface area (Å²) >= 11 is 13.0. The molecule has 0 aliphatic rings. The van der Waals surface area contributed by atoms with Crippen LogP contribution in [-0.4, -0.2) is 0 Å². The zero-order chi connectivity index (χ0) is 14.2. The molecule has 100 valence electrons. The maximum absolute atomic E-state index is 13.4. The van der Waals surface area contributed by atoms with Crippen LogP contribution in [0.1, 0.15) is 22.7 Å². The van der Waals surface area contributed by atoms with E-state index in [1.54, 1.807) is 13.0 Å². The first-order chi connectivity index (χ1) is 8.90. The lowest BCUT2D eigenvalue weighted by Gasteiger charge is -2.17.